The molecule has 0 aromatic rings. The molecule has 0 saturated carbocycles. The second-order valence-corrected chi connectivity index (χ2v) is 18.7. The van der Waals surface area contributed by atoms with Crippen LogP contribution < -0.4 is 0 Å². The Morgan fingerprint density at radius 3 is 1.12 bits per heavy atom. The third kappa shape index (κ3) is 9.59. The van der Waals surface area contributed by atoms with Gasteiger partial charge in [-0.25, -0.2) is 0 Å². The molecule has 4 nitrogen and oxygen atoms in total. The van der Waals surface area contributed by atoms with E-state index >= 15 is 0 Å². The minimum absolute atomic E-state index is 0.441. The standard InChI is InChI=1S/C6H15OSi.3C4H9O.Zr/c1-4-8(7,5-2)6-3;3*1-4(2)3-5;/h4-6H2,1-3H3;3*4H,3H2,1-2H3;/q4*-1;+4. The van der Waals surface area contributed by atoms with Crippen LogP contribution in [0.25, 0.3) is 0 Å². The molecule has 0 atom stereocenters. The quantitative estimate of drug-likeness (QED) is 0.317. The van der Waals surface area contributed by atoms with Crippen LogP contribution in [0.15, 0.2) is 0 Å². The van der Waals surface area contributed by atoms with Crippen molar-refractivity contribution in [2.24, 2.45) is 17.8 Å². The number of hydrogen-bond donors (Lipinski definition) is 0. The van der Waals surface area contributed by atoms with E-state index < -0.39 is 30.3 Å². The van der Waals surface area contributed by atoms with Gasteiger partial charge < -0.3 is 0 Å². The van der Waals surface area contributed by atoms with Gasteiger partial charge in [-0.2, -0.15) is 0 Å². The first kappa shape index (κ1) is 24.9. The van der Waals surface area contributed by atoms with Crippen LogP contribution in [0.4, 0.5) is 0 Å². The summed E-state index contributed by atoms with van der Waals surface area (Å²) >= 11 is -4.02. The summed E-state index contributed by atoms with van der Waals surface area (Å²) in [5, 5.41) is 0. The van der Waals surface area contributed by atoms with Crippen LogP contribution in [-0.4, -0.2) is 28.1 Å². The molecule has 0 heterocycles. The Bertz CT molecular complexity index is 281. The molecule has 0 fully saturated rings. The van der Waals surface area contributed by atoms with Gasteiger partial charge in [0.1, 0.15) is 0 Å². The fourth-order valence-electron chi connectivity index (χ4n) is 2.25. The van der Waals surface area contributed by atoms with Gasteiger partial charge in [-0.05, 0) is 0 Å². The molecule has 0 amide bonds. The average Bonchev–Trinajstić information content (AvgIpc) is 2.53. The Hall–Kier alpha value is 0.940. The monoisotopic (exact) mass is 440 g/mol. The molecule has 0 spiro atoms. The van der Waals surface area contributed by atoms with E-state index in [1.54, 1.807) is 0 Å². The first-order valence-electron chi connectivity index (χ1n) is 9.76. The normalized spacial score (nSPS) is 13.5. The molecule has 0 aliphatic rings. The van der Waals surface area contributed by atoms with Gasteiger partial charge >= 0.3 is 159 Å². The van der Waals surface area contributed by atoms with Crippen molar-refractivity contribution < 1.29 is 33.0 Å². The summed E-state index contributed by atoms with van der Waals surface area (Å²) in [4.78, 5) is 0. The summed E-state index contributed by atoms with van der Waals surface area (Å²) in [6.45, 7) is 21.6. The topological polar surface area (TPSA) is 36.9 Å². The van der Waals surface area contributed by atoms with Crippen LogP contribution >= 0.6 is 0 Å². The van der Waals surface area contributed by atoms with Crippen LogP contribution in [0.2, 0.25) is 18.1 Å². The van der Waals surface area contributed by atoms with Gasteiger partial charge in [-0.15, -0.1) is 0 Å². The first-order chi connectivity index (χ1) is 11.1. The van der Waals surface area contributed by atoms with Crippen molar-refractivity contribution in [2.75, 3.05) is 19.8 Å². The Kier molecular flexibility index (Phi) is 12.8. The van der Waals surface area contributed by atoms with Gasteiger partial charge in [-0.3, -0.25) is 0 Å². The zero-order chi connectivity index (χ0) is 18.8. The van der Waals surface area contributed by atoms with Crippen LogP contribution in [-0.2, 0) is 33.0 Å². The molecule has 0 rings (SSSR count). The zero-order valence-electron chi connectivity index (χ0n) is 17.6. The second-order valence-electron chi connectivity index (χ2n) is 7.96. The van der Waals surface area contributed by atoms with E-state index in [9.17, 15) is 0 Å². The Morgan fingerprint density at radius 1 is 0.625 bits per heavy atom. The van der Waals surface area contributed by atoms with Gasteiger partial charge in [0.2, 0.25) is 0 Å². The van der Waals surface area contributed by atoms with Gasteiger partial charge in [0.05, 0.1) is 0 Å². The maximum atomic E-state index is 6.81. The van der Waals surface area contributed by atoms with Crippen molar-refractivity contribution in [2.45, 2.75) is 80.4 Å². The van der Waals surface area contributed by atoms with Gasteiger partial charge in [0.15, 0.2) is 0 Å². The van der Waals surface area contributed by atoms with Crippen molar-refractivity contribution in [3.63, 3.8) is 0 Å². The molecule has 24 heavy (non-hydrogen) atoms. The molecule has 0 saturated heterocycles. The molecule has 0 aromatic carbocycles. The molecule has 6 heteroatoms. The first-order valence-corrected chi connectivity index (χ1v) is 16.3. The van der Waals surface area contributed by atoms with Gasteiger partial charge in [0.25, 0.3) is 0 Å². The molecule has 0 bridgehead atoms. The van der Waals surface area contributed by atoms with E-state index in [0.717, 1.165) is 18.1 Å². The second kappa shape index (κ2) is 12.3. The number of rotatable bonds is 14. The van der Waals surface area contributed by atoms with Crippen molar-refractivity contribution in [3.8, 4) is 0 Å². The fraction of sp³-hybridized carbons (Fsp3) is 1.00. The van der Waals surface area contributed by atoms with Crippen molar-refractivity contribution >= 4 is 8.32 Å². The van der Waals surface area contributed by atoms with Gasteiger partial charge in [0, 0.05) is 0 Å². The SMILES string of the molecule is CC[Si](CC)(CC)[O][Zr]([O]CC(C)C)([O]CC(C)C)[O]CC(C)C. The maximum absolute atomic E-state index is 6.81. The third-order valence-corrected chi connectivity index (χ3v) is 17.5. The zero-order valence-corrected chi connectivity index (χ0v) is 21.1. The van der Waals surface area contributed by atoms with E-state index in [0.29, 0.717) is 37.6 Å². The summed E-state index contributed by atoms with van der Waals surface area (Å²) < 4.78 is 25.8. The summed E-state index contributed by atoms with van der Waals surface area (Å²) in [5.74, 6) is 1.32. The minimum atomic E-state index is -4.02. The predicted octanol–water partition coefficient (Wildman–Crippen LogP) is 5.84. The third-order valence-electron chi connectivity index (χ3n) is 4.05. The molecule has 0 aromatic heterocycles. The Labute approximate surface area is 159 Å². The van der Waals surface area contributed by atoms with Crippen LogP contribution in [0.5, 0.6) is 0 Å². The fourth-order valence-corrected chi connectivity index (χ4v) is 17.9. The molecule has 0 aliphatic heterocycles. The average molecular weight is 442 g/mol. The van der Waals surface area contributed by atoms with Crippen LogP contribution in [0.3, 0.4) is 0 Å². The summed E-state index contributed by atoms with van der Waals surface area (Å²) in [5.41, 5.74) is 0. The summed E-state index contributed by atoms with van der Waals surface area (Å²) in [7, 11) is -1.85. The van der Waals surface area contributed by atoms with Crippen LogP contribution in [0, 0.1) is 17.8 Å². The molecular formula is C18H42O4SiZr. The van der Waals surface area contributed by atoms with Gasteiger partial charge in [-0.1, -0.05) is 0 Å². The van der Waals surface area contributed by atoms with E-state index in [4.69, 9.17) is 10.9 Å². The van der Waals surface area contributed by atoms with E-state index in [1.807, 2.05) is 0 Å². The molecule has 0 N–H and O–H groups in total. The summed E-state index contributed by atoms with van der Waals surface area (Å²) in [6.07, 6.45) is 0. The molecule has 0 aliphatic carbocycles. The Balaban J connectivity index is 5.47. The van der Waals surface area contributed by atoms with Crippen LogP contribution in [0.1, 0.15) is 62.3 Å². The molecule has 0 unspecified atom stereocenters. The summed E-state index contributed by atoms with van der Waals surface area (Å²) in [6, 6.07) is 3.25. The van der Waals surface area contributed by atoms with E-state index in [1.165, 1.54) is 0 Å². The molecule has 146 valence electrons. The van der Waals surface area contributed by atoms with E-state index in [2.05, 4.69) is 62.3 Å². The molecule has 0 radical (unpaired) electrons. The van der Waals surface area contributed by atoms with E-state index in [-0.39, 0.29) is 0 Å². The van der Waals surface area contributed by atoms with Crippen molar-refractivity contribution in [1.82, 2.24) is 0 Å². The van der Waals surface area contributed by atoms with Crippen molar-refractivity contribution in [3.05, 3.63) is 0 Å². The predicted molar refractivity (Wildman–Crippen MR) is 101 cm³/mol. The number of hydrogen-bond acceptors (Lipinski definition) is 4. The molecular weight excluding hydrogens is 400 g/mol. The van der Waals surface area contributed by atoms with Crippen molar-refractivity contribution in [1.29, 1.82) is 0 Å². The Morgan fingerprint density at radius 2 is 0.917 bits per heavy atom.